The van der Waals surface area contributed by atoms with Crippen molar-refractivity contribution in [2.75, 3.05) is 5.32 Å². The average Bonchev–Trinajstić information content (AvgIpc) is 3.47. The molecular weight excluding hydrogens is 518 g/mol. The Balaban J connectivity index is 1.29. The molecule has 0 unspecified atom stereocenters. The molecule has 2 aliphatic rings. The van der Waals surface area contributed by atoms with Crippen molar-refractivity contribution in [3.8, 4) is 0 Å². The third kappa shape index (κ3) is 7.74. The Labute approximate surface area is 211 Å². The second kappa shape index (κ2) is 10.8. The molecule has 3 N–H and O–H groups in total. The number of carbonyl (C=O) groups is 1. The second-order valence-electron chi connectivity index (χ2n) is 9.40. The smallest absolute Gasteiger partial charge is 0.407 e. The van der Waals surface area contributed by atoms with Gasteiger partial charge in [0.25, 0.3) is 0 Å². The Bertz CT molecular complexity index is 1220. The molecule has 4 rings (SSSR count). The van der Waals surface area contributed by atoms with Gasteiger partial charge in [0.1, 0.15) is 11.9 Å². The first-order valence-electron chi connectivity index (χ1n) is 11.8. The van der Waals surface area contributed by atoms with E-state index >= 15 is 0 Å². The van der Waals surface area contributed by atoms with Gasteiger partial charge in [-0.1, -0.05) is 0 Å². The van der Waals surface area contributed by atoms with Crippen LogP contribution in [0.1, 0.15) is 56.9 Å². The molecule has 202 valence electrons. The van der Waals surface area contributed by atoms with Gasteiger partial charge >= 0.3 is 12.3 Å². The maximum atomic E-state index is 14.5. The van der Waals surface area contributed by atoms with Gasteiger partial charge in [-0.3, -0.25) is 0 Å². The molecule has 2 aromatic rings. The van der Waals surface area contributed by atoms with E-state index in [0.717, 1.165) is 24.5 Å². The third-order valence-electron chi connectivity index (χ3n) is 6.10. The highest BCUT2D eigenvalue weighted by Crippen LogP contribution is 2.36. The largest absolute Gasteiger partial charge is 0.446 e. The molecule has 1 amide bonds. The first-order valence-corrected chi connectivity index (χ1v) is 13.3. The zero-order valence-electron chi connectivity index (χ0n) is 19.9. The average molecular weight is 546 g/mol. The summed E-state index contributed by atoms with van der Waals surface area (Å²) in [5.74, 6) is -0.678. The number of carbonyl (C=O) groups excluding carboxylic acids is 1. The van der Waals surface area contributed by atoms with E-state index in [2.05, 4.69) is 25.3 Å². The molecule has 2 saturated carbocycles. The van der Waals surface area contributed by atoms with Crippen LogP contribution in [0.25, 0.3) is 0 Å². The van der Waals surface area contributed by atoms with Gasteiger partial charge in [0, 0.05) is 24.5 Å². The Morgan fingerprint density at radius 3 is 2.49 bits per heavy atom. The Kier molecular flexibility index (Phi) is 7.88. The SMILES string of the molecule is C[C@@H](CC(F)(F)F)NC(=O)O[C@H]1CC[C@@H](c2cnc(Nc3ccc(S(=O)(=O)NC4CC4)cc3F)nc2)C1. The zero-order valence-corrected chi connectivity index (χ0v) is 20.7. The fourth-order valence-corrected chi connectivity index (χ4v) is 5.44. The minimum atomic E-state index is -4.38. The first kappa shape index (κ1) is 27.0. The highest BCUT2D eigenvalue weighted by molar-refractivity contribution is 7.89. The van der Waals surface area contributed by atoms with Crippen molar-refractivity contribution < 1.29 is 35.5 Å². The molecule has 1 aromatic carbocycles. The van der Waals surface area contributed by atoms with E-state index in [1.165, 1.54) is 19.1 Å². The third-order valence-corrected chi connectivity index (χ3v) is 7.62. The highest BCUT2D eigenvalue weighted by atomic mass is 32.2. The number of hydrogen-bond donors (Lipinski definition) is 3. The molecule has 9 nitrogen and oxygen atoms in total. The first-order chi connectivity index (χ1) is 17.4. The van der Waals surface area contributed by atoms with E-state index in [0.29, 0.717) is 19.3 Å². The van der Waals surface area contributed by atoms with E-state index in [1.54, 1.807) is 12.4 Å². The summed E-state index contributed by atoms with van der Waals surface area (Å²) in [4.78, 5) is 20.1. The van der Waals surface area contributed by atoms with Crippen molar-refractivity contribution in [1.82, 2.24) is 20.0 Å². The summed E-state index contributed by atoms with van der Waals surface area (Å²) in [5.41, 5.74) is 0.786. The number of alkyl halides is 3. The molecule has 0 radical (unpaired) electrons. The number of rotatable bonds is 9. The van der Waals surface area contributed by atoms with E-state index in [4.69, 9.17) is 4.74 Å². The van der Waals surface area contributed by atoms with Crippen molar-refractivity contribution >= 4 is 27.8 Å². The number of hydrogen-bond acceptors (Lipinski definition) is 7. The summed E-state index contributed by atoms with van der Waals surface area (Å²) >= 11 is 0. The van der Waals surface area contributed by atoms with Crippen LogP contribution in [0.4, 0.5) is 34.0 Å². The molecular formula is C23H27F4N5O4S. The number of benzene rings is 1. The van der Waals surface area contributed by atoms with Crippen LogP contribution >= 0.6 is 0 Å². The summed E-state index contributed by atoms with van der Waals surface area (Å²) in [6.45, 7) is 1.26. The molecule has 14 heteroatoms. The van der Waals surface area contributed by atoms with Crippen LogP contribution in [0.3, 0.4) is 0 Å². The van der Waals surface area contributed by atoms with Gasteiger partial charge in [-0.25, -0.2) is 32.3 Å². The number of amides is 1. The van der Waals surface area contributed by atoms with Crippen molar-refractivity contribution in [3.05, 3.63) is 42.0 Å². The molecule has 1 aromatic heterocycles. The van der Waals surface area contributed by atoms with Crippen molar-refractivity contribution in [3.63, 3.8) is 0 Å². The van der Waals surface area contributed by atoms with Gasteiger partial charge in [0.15, 0.2) is 0 Å². The fraction of sp³-hybridized carbons (Fsp3) is 0.522. The van der Waals surface area contributed by atoms with E-state index in [-0.39, 0.29) is 28.5 Å². The van der Waals surface area contributed by atoms with Crippen LogP contribution in [0.2, 0.25) is 0 Å². The number of anilines is 2. The Hall–Kier alpha value is -3.00. The van der Waals surface area contributed by atoms with E-state index < -0.39 is 46.7 Å². The van der Waals surface area contributed by atoms with E-state index in [1.807, 2.05) is 0 Å². The summed E-state index contributed by atoms with van der Waals surface area (Å²) < 4.78 is 84.1. The second-order valence-corrected chi connectivity index (χ2v) is 11.1. The predicted molar refractivity (Wildman–Crippen MR) is 125 cm³/mol. The van der Waals surface area contributed by atoms with Gasteiger partial charge in [-0.15, -0.1) is 0 Å². The minimum Gasteiger partial charge on any atom is -0.446 e. The zero-order chi connectivity index (χ0) is 26.8. The highest BCUT2D eigenvalue weighted by Gasteiger charge is 2.33. The maximum Gasteiger partial charge on any atom is 0.407 e. The van der Waals surface area contributed by atoms with Crippen LogP contribution in [-0.4, -0.2) is 48.8 Å². The lowest BCUT2D eigenvalue weighted by molar-refractivity contribution is -0.138. The number of halogens is 4. The molecule has 0 bridgehead atoms. The molecule has 1 heterocycles. The molecule has 0 aliphatic heterocycles. The van der Waals surface area contributed by atoms with Gasteiger partial charge in [0.05, 0.1) is 17.0 Å². The van der Waals surface area contributed by atoms with Crippen LogP contribution in [0.15, 0.2) is 35.5 Å². The topological polar surface area (TPSA) is 122 Å². The number of sulfonamides is 1. The van der Waals surface area contributed by atoms with E-state index in [9.17, 15) is 30.8 Å². The maximum absolute atomic E-state index is 14.5. The number of aromatic nitrogens is 2. The summed E-state index contributed by atoms with van der Waals surface area (Å²) in [6, 6.07) is 2.34. The number of nitrogens with zero attached hydrogens (tertiary/aromatic N) is 2. The Morgan fingerprint density at radius 1 is 1.16 bits per heavy atom. The predicted octanol–water partition coefficient (Wildman–Crippen LogP) is 4.50. The molecule has 0 saturated heterocycles. The lowest BCUT2D eigenvalue weighted by atomic mass is 10.0. The van der Waals surface area contributed by atoms with Crippen LogP contribution in [0, 0.1) is 5.82 Å². The van der Waals surface area contributed by atoms with Crippen molar-refractivity contribution in [2.24, 2.45) is 0 Å². The van der Waals surface area contributed by atoms with Crippen LogP contribution in [-0.2, 0) is 14.8 Å². The van der Waals surface area contributed by atoms with Crippen molar-refractivity contribution in [1.29, 1.82) is 0 Å². The Morgan fingerprint density at radius 2 is 1.86 bits per heavy atom. The standard InChI is InChI=1S/C23H27F4N5O4S/c1-13(10-23(25,26)27)30-22(33)36-17-5-2-14(8-17)15-11-28-21(29-12-15)31-20-7-6-18(9-19(20)24)37(34,35)32-16-3-4-16/h6-7,9,11-14,16-17,32H,2-5,8,10H2,1H3,(H,30,33)(H,28,29,31)/t13-,14+,17-/m0/s1. The lowest BCUT2D eigenvalue weighted by Crippen LogP contribution is -2.37. The van der Waals surface area contributed by atoms with Gasteiger partial charge in [-0.05, 0) is 68.7 Å². The van der Waals surface area contributed by atoms with Crippen LogP contribution < -0.4 is 15.4 Å². The van der Waals surface area contributed by atoms with Gasteiger partial charge in [-0.2, -0.15) is 13.2 Å². The number of alkyl carbamates (subject to hydrolysis) is 1. The summed E-state index contributed by atoms with van der Waals surface area (Å²) in [6.07, 6.45) is -0.515. The summed E-state index contributed by atoms with van der Waals surface area (Å²) in [7, 11) is -3.78. The fourth-order valence-electron chi connectivity index (χ4n) is 4.12. The lowest BCUT2D eigenvalue weighted by Gasteiger charge is -2.18. The molecule has 2 fully saturated rings. The van der Waals surface area contributed by atoms with Crippen LogP contribution in [0.5, 0.6) is 0 Å². The molecule has 0 spiro atoms. The molecule has 3 atom stereocenters. The van der Waals surface area contributed by atoms with Gasteiger partial charge in [0.2, 0.25) is 16.0 Å². The normalized spacial score (nSPS) is 20.9. The summed E-state index contributed by atoms with van der Waals surface area (Å²) in [5, 5.41) is 4.91. The molecule has 2 aliphatic carbocycles. The van der Waals surface area contributed by atoms with Gasteiger partial charge < -0.3 is 15.4 Å². The van der Waals surface area contributed by atoms with Crippen molar-refractivity contribution in [2.45, 2.75) is 80.6 Å². The quantitative estimate of drug-likeness (QED) is 0.397. The number of ether oxygens (including phenoxy) is 1. The molecule has 37 heavy (non-hydrogen) atoms. The number of nitrogens with one attached hydrogen (secondary N) is 3. The monoisotopic (exact) mass is 545 g/mol. The minimum absolute atomic E-state index is 0.0122.